The van der Waals surface area contributed by atoms with Crippen molar-refractivity contribution in [3.05, 3.63) is 23.8 Å². The molecular formula is C14H16N2O2S. The molecule has 19 heavy (non-hydrogen) atoms. The van der Waals surface area contributed by atoms with Crippen molar-refractivity contribution >= 4 is 23.4 Å². The zero-order chi connectivity index (χ0) is 13.8. The summed E-state index contributed by atoms with van der Waals surface area (Å²) in [5, 5.41) is 18.1. The van der Waals surface area contributed by atoms with Crippen molar-refractivity contribution in [1.29, 1.82) is 5.26 Å². The van der Waals surface area contributed by atoms with Crippen LogP contribution in [0, 0.1) is 17.2 Å². The number of benzene rings is 1. The second-order valence-corrected chi connectivity index (χ2v) is 5.87. The molecule has 0 unspecified atom stereocenters. The molecule has 1 aliphatic heterocycles. The van der Waals surface area contributed by atoms with Gasteiger partial charge < -0.3 is 10.0 Å². The SMILES string of the molecule is CCSc1cccc(N2CC(CC(=O)O)C2)c1C#N. The van der Waals surface area contributed by atoms with Gasteiger partial charge in [-0.2, -0.15) is 5.26 Å². The number of aliphatic carboxylic acids is 1. The molecule has 0 spiro atoms. The normalized spacial score (nSPS) is 14.8. The number of carboxylic acids is 1. The lowest BCUT2D eigenvalue weighted by Crippen LogP contribution is -2.47. The molecule has 5 heteroatoms. The van der Waals surface area contributed by atoms with Crippen molar-refractivity contribution in [1.82, 2.24) is 0 Å². The number of nitrogens with zero attached hydrogens (tertiary/aromatic N) is 2. The molecule has 1 N–H and O–H groups in total. The van der Waals surface area contributed by atoms with E-state index in [2.05, 4.69) is 17.9 Å². The average molecular weight is 276 g/mol. The standard InChI is InChI=1S/C14H16N2O2S/c1-2-19-13-5-3-4-12(11(13)7-15)16-8-10(9-16)6-14(17)18/h3-5,10H,2,6,8-9H2,1H3,(H,17,18). The average Bonchev–Trinajstić information content (AvgIpc) is 2.33. The number of thioether (sulfide) groups is 1. The van der Waals surface area contributed by atoms with Crippen LogP contribution >= 0.6 is 11.8 Å². The maximum Gasteiger partial charge on any atom is 0.303 e. The number of rotatable bonds is 5. The lowest BCUT2D eigenvalue weighted by molar-refractivity contribution is -0.138. The van der Waals surface area contributed by atoms with E-state index in [1.54, 1.807) is 11.8 Å². The van der Waals surface area contributed by atoms with Crippen LogP contribution in [-0.2, 0) is 4.79 Å². The topological polar surface area (TPSA) is 64.3 Å². The Morgan fingerprint density at radius 1 is 1.58 bits per heavy atom. The van der Waals surface area contributed by atoms with Crippen LogP contribution in [0.2, 0.25) is 0 Å². The molecule has 0 aromatic heterocycles. The van der Waals surface area contributed by atoms with Crippen LogP contribution in [0.25, 0.3) is 0 Å². The third-order valence-electron chi connectivity index (χ3n) is 3.18. The molecule has 0 atom stereocenters. The van der Waals surface area contributed by atoms with Gasteiger partial charge in [0.15, 0.2) is 0 Å². The van der Waals surface area contributed by atoms with E-state index >= 15 is 0 Å². The molecule has 0 radical (unpaired) electrons. The van der Waals surface area contributed by atoms with E-state index in [1.165, 1.54) is 0 Å². The lowest BCUT2D eigenvalue weighted by atomic mass is 9.95. The minimum absolute atomic E-state index is 0.200. The van der Waals surface area contributed by atoms with E-state index in [-0.39, 0.29) is 12.3 Å². The van der Waals surface area contributed by atoms with Crippen LogP contribution in [0.15, 0.2) is 23.1 Å². The Kier molecular flexibility index (Phi) is 4.33. The summed E-state index contributed by atoms with van der Waals surface area (Å²) in [7, 11) is 0. The van der Waals surface area contributed by atoms with E-state index in [4.69, 9.17) is 5.11 Å². The molecule has 1 heterocycles. The van der Waals surface area contributed by atoms with Gasteiger partial charge in [0.05, 0.1) is 17.7 Å². The Labute approximate surface area is 117 Å². The smallest absolute Gasteiger partial charge is 0.303 e. The predicted molar refractivity (Wildman–Crippen MR) is 75.5 cm³/mol. The van der Waals surface area contributed by atoms with Gasteiger partial charge in [-0.15, -0.1) is 11.8 Å². The van der Waals surface area contributed by atoms with Crippen LogP contribution in [0.1, 0.15) is 18.9 Å². The first kappa shape index (κ1) is 13.8. The summed E-state index contributed by atoms with van der Waals surface area (Å²) in [5.41, 5.74) is 1.64. The number of anilines is 1. The van der Waals surface area contributed by atoms with Crippen molar-refractivity contribution in [3.8, 4) is 6.07 Å². The van der Waals surface area contributed by atoms with Gasteiger partial charge >= 0.3 is 5.97 Å². The van der Waals surface area contributed by atoms with Gasteiger partial charge in [-0.25, -0.2) is 0 Å². The van der Waals surface area contributed by atoms with Gasteiger partial charge in [0.2, 0.25) is 0 Å². The third-order valence-corrected chi connectivity index (χ3v) is 4.12. The summed E-state index contributed by atoms with van der Waals surface area (Å²) in [6.07, 6.45) is 0.210. The summed E-state index contributed by atoms with van der Waals surface area (Å²) >= 11 is 1.66. The Bertz CT molecular complexity index is 519. The molecule has 2 rings (SSSR count). The lowest BCUT2D eigenvalue weighted by Gasteiger charge is -2.41. The third kappa shape index (κ3) is 3.02. The Hall–Kier alpha value is -1.67. The van der Waals surface area contributed by atoms with Crippen LogP contribution in [0.4, 0.5) is 5.69 Å². The highest BCUT2D eigenvalue weighted by atomic mass is 32.2. The van der Waals surface area contributed by atoms with Crippen LogP contribution < -0.4 is 4.90 Å². The van der Waals surface area contributed by atoms with E-state index < -0.39 is 5.97 Å². The molecule has 4 nitrogen and oxygen atoms in total. The van der Waals surface area contributed by atoms with Gasteiger partial charge in [0.25, 0.3) is 0 Å². The highest BCUT2D eigenvalue weighted by molar-refractivity contribution is 7.99. The zero-order valence-corrected chi connectivity index (χ0v) is 11.6. The summed E-state index contributed by atoms with van der Waals surface area (Å²) in [4.78, 5) is 13.7. The fraction of sp³-hybridized carbons (Fsp3) is 0.429. The number of hydrogen-bond acceptors (Lipinski definition) is 4. The van der Waals surface area contributed by atoms with Crippen LogP contribution in [-0.4, -0.2) is 29.9 Å². The molecule has 1 aliphatic rings. The summed E-state index contributed by atoms with van der Waals surface area (Å²) < 4.78 is 0. The molecule has 0 amide bonds. The molecule has 0 aliphatic carbocycles. The minimum Gasteiger partial charge on any atom is -0.481 e. The molecule has 1 saturated heterocycles. The van der Waals surface area contributed by atoms with Gasteiger partial charge in [0.1, 0.15) is 6.07 Å². The van der Waals surface area contributed by atoms with Crippen molar-refractivity contribution in [2.45, 2.75) is 18.2 Å². The molecule has 0 bridgehead atoms. The number of nitriles is 1. The predicted octanol–water partition coefficient (Wildman–Crippen LogP) is 2.58. The highest BCUT2D eigenvalue weighted by Gasteiger charge is 2.30. The van der Waals surface area contributed by atoms with E-state index in [9.17, 15) is 10.1 Å². The minimum atomic E-state index is -0.750. The number of hydrogen-bond donors (Lipinski definition) is 1. The first-order valence-corrected chi connectivity index (χ1v) is 7.27. The van der Waals surface area contributed by atoms with Gasteiger partial charge in [-0.1, -0.05) is 13.0 Å². The monoisotopic (exact) mass is 276 g/mol. The second-order valence-electron chi connectivity index (χ2n) is 4.56. The Balaban J connectivity index is 2.12. The summed E-state index contributed by atoms with van der Waals surface area (Å²) in [6, 6.07) is 8.13. The Morgan fingerprint density at radius 3 is 2.89 bits per heavy atom. The van der Waals surface area contributed by atoms with Crippen molar-refractivity contribution in [3.63, 3.8) is 0 Å². The number of carboxylic acid groups (broad SMARTS) is 1. The maximum atomic E-state index is 10.6. The zero-order valence-electron chi connectivity index (χ0n) is 10.8. The fourth-order valence-corrected chi connectivity index (χ4v) is 3.09. The Morgan fingerprint density at radius 2 is 2.32 bits per heavy atom. The van der Waals surface area contributed by atoms with Crippen molar-refractivity contribution in [2.75, 3.05) is 23.7 Å². The summed E-state index contributed by atoms with van der Waals surface area (Å²) in [5.74, 6) is 0.381. The molecule has 1 fully saturated rings. The van der Waals surface area contributed by atoms with E-state index in [0.717, 1.165) is 29.4 Å². The number of carbonyl (C=O) groups is 1. The quantitative estimate of drug-likeness (QED) is 0.837. The largest absolute Gasteiger partial charge is 0.481 e. The van der Waals surface area contributed by atoms with Crippen molar-refractivity contribution < 1.29 is 9.90 Å². The van der Waals surface area contributed by atoms with Gasteiger partial charge in [0, 0.05) is 23.9 Å². The van der Waals surface area contributed by atoms with Crippen LogP contribution in [0.3, 0.4) is 0 Å². The van der Waals surface area contributed by atoms with E-state index in [1.807, 2.05) is 18.2 Å². The van der Waals surface area contributed by atoms with Gasteiger partial charge in [-0.3, -0.25) is 4.79 Å². The molecule has 100 valence electrons. The maximum absolute atomic E-state index is 10.6. The fourth-order valence-electron chi connectivity index (χ4n) is 2.31. The van der Waals surface area contributed by atoms with Crippen molar-refractivity contribution in [2.24, 2.45) is 5.92 Å². The second kappa shape index (κ2) is 5.98. The van der Waals surface area contributed by atoms with E-state index in [0.29, 0.717) is 5.56 Å². The molecular weight excluding hydrogens is 260 g/mol. The first-order chi connectivity index (χ1) is 9.15. The molecule has 0 saturated carbocycles. The first-order valence-electron chi connectivity index (χ1n) is 6.28. The summed E-state index contributed by atoms with van der Waals surface area (Å²) in [6.45, 7) is 3.51. The molecule has 1 aromatic rings. The highest BCUT2D eigenvalue weighted by Crippen LogP contribution is 2.34. The van der Waals surface area contributed by atoms with Gasteiger partial charge in [-0.05, 0) is 17.9 Å². The van der Waals surface area contributed by atoms with Crippen LogP contribution in [0.5, 0.6) is 0 Å². The molecule has 1 aromatic carbocycles.